The van der Waals surface area contributed by atoms with E-state index in [4.69, 9.17) is 0 Å². The molecule has 1 unspecified atom stereocenters. The summed E-state index contributed by atoms with van der Waals surface area (Å²) in [6.07, 6.45) is 3.12. The van der Waals surface area contributed by atoms with Gasteiger partial charge in [-0.3, -0.25) is 9.59 Å². The molecule has 1 aliphatic rings. The van der Waals surface area contributed by atoms with Crippen LogP contribution in [-0.4, -0.2) is 56.0 Å². The molecule has 104 valence electrons. The normalized spacial score (nSPS) is 18.6. The quantitative estimate of drug-likeness (QED) is 0.745. The van der Waals surface area contributed by atoms with Crippen molar-refractivity contribution < 1.29 is 14.7 Å². The Morgan fingerprint density at radius 1 is 1.58 bits per heavy atom. The SMILES string of the molecule is CC(=O)Nc1cnn(CC(=O)N2CCCC2CO)n1. The summed E-state index contributed by atoms with van der Waals surface area (Å²) in [5, 5.41) is 19.6. The Bertz CT molecular complexity index is 473. The minimum Gasteiger partial charge on any atom is -0.394 e. The molecule has 0 saturated carbocycles. The molecule has 2 N–H and O–H groups in total. The predicted octanol–water partition coefficient (Wildman–Crippen LogP) is -0.780. The second-order valence-electron chi connectivity index (χ2n) is 4.51. The number of hydrogen-bond donors (Lipinski definition) is 2. The summed E-state index contributed by atoms with van der Waals surface area (Å²) in [7, 11) is 0. The molecule has 1 aromatic rings. The van der Waals surface area contributed by atoms with Crippen molar-refractivity contribution in [2.75, 3.05) is 18.5 Å². The second-order valence-corrected chi connectivity index (χ2v) is 4.51. The first-order valence-corrected chi connectivity index (χ1v) is 6.18. The summed E-state index contributed by atoms with van der Waals surface area (Å²) in [6.45, 7) is 2.02. The third-order valence-electron chi connectivity index (χ3n) is 3.03. The Morgan fingerprint density at radius 3 is 3.05 bits per heavy atom. The van der Waals surface area contributed by atoms with E-state index in [0.717, 1.165) is 12.8 Å². The maximum absolute atomic E-state index is 12.0. The minimum absolute atomic E-state index is 0.0100. The molecule has 19 heavy (non-hydrogen) atoms. The maximum atomic E-state index is 12.0. The Kier molecular flexibility index (Phi) is 4.10. The van der Waals surface area contributed by atoms with E-state index in [9.17, 15) is 14.7 Å². The first-order valence-electron chi connectivity index (χ1n) is 6.18. The van der Waals surface area contributed by atoms with Crippen LogP contribution >= 0.6 is 0 Å². The Balaban J connectivity index is 1.95. The van der Waals surface area contributed by atoms with Crippen LogP contribution < -0.4 is 5.32 Å². The molecule has 1 aliphatic heterocycles. The smallest absolute Gasteiger partial charge is 0.246 e. The van der Waals surface area contributed by atoms with Crippen molar-refractivity contribution in [1.82, 2.24) is 19.9 Å². The van der Waals surface area contributed by atoms with E-state index in [0.29, 0.717) is 12.4 Å². The van der Waals surface area contributed by atoms with Crippen LogP contribution in [0, 0.1) is 0 Å². The van der Waals surface area contributed by atoms with Crippen LogP contribution in [0.5, 0.6) is 0 Å². The molecule has 1 saturated heterocycles. The van der Waals surface area contributed by atoms with Gasteiger partial charge in [-0.15, -0.1) is 5.10 Å². The van der Waals surface area contributed by atoms with Gasteiger partial charge in [-0.05, 0) is 12.8 Å². The molecular weight excluding hydrogens is 250 g/mol. The highest BCUT2D eigenvalue weighted by molar-refractivity contribution is 5.87. The van der Waals surface area contributed by atoms with Crippen LogP contribution in [0.15, 0.2) is 6.20 Å². The van der Waals surface area contributed by atoms with Crippen molar-refractivity contribution in [1.29, 1.82) is 0 Å². The van der Waals surface area contributed by atoms with Crippen molar-refractivity contribution in [3.63, 3.8) is 0 Å². The number of rotatable bonds is 4. The molecule has 0 radical (unpaired) electrons. The minimum atomic E-state index is -0.238. The topological polar surface area (TPSA) is 100 Å². The van der Waals surface area contributed by atoms with Crippen molar-refractivity contribution >= 4 is 17.6 Å². The van der Waals surface area contributed by atoms with Crippen LogP contribution in [0.1, 0.15) is 19.8 Å². The Morgan fingerprint density at radius 2 is 2.37 bits per heavy atom. The largest absolute Gasteiger partial charge is 0.394 e. The number of hydrogen-bond acceptors (Lipinski definition) is 5. The van der Waals surface area contributed by atoms with E-state index >= 15 is 0 Å². The third kappa shape index (κ3) is 3.28. The fourth-order valence-corrected chi connectivity index (χ4v) is 2.18. The number of anilines is 1. The number of likely N-dealkylation sites (tertiary alicyclic amines) is 1. The molecule has 0 spiro atoms. The molecule has 1 aromatic heterocycles. The lowest BCUT2D eigenvalue weighted by Gasteiger charge is -2.22. The molecule has 1 atom stereocenters. The Labute approximate surface area is 110 Å². The van der Waals surface area contributed by atoms with Gasteiger partial charge in [-0.2, -0.15) is 9.90 Å². The summed E-state index contributed by atoms with van der Waals surface area (Å²) >= 11 is 0. The van der Waals surface area contributed by atoms with E-state index in [1.165, 1.54) is 17.9 Å². The van der Waals surface area contributed by atoms with Crippen molar-refractivity contribution in [2.24, 2.45) is 0 Å². The summed E-state index contributed by atoms with van der Waals surface area (Å²) < 4.78 is 0. The summed E-state index contributed by atoms with van der Waals surface area (Å²) in [5.74, 6) is -0.0415. The number of nitrogens with one attached hydrogen (secondary N) is 1. The van der Waals surface area contributed by atoms with Crippen LogP contribution in [0.3, 0.4) is 0 Å². The molecule has 2 rings (SSSR count). The van der Waals surface area contributed by atoms with Crippen LogP contribution in [-0.2, 0) is 16.1 Å². The molecular formula is C11H17N5O3. The average Bonchev–Trinajstić information content (AvgIpc) is 2.96. The third-order valence-corrected chi connectivity index (χ3v) is 3.03. The standard InChI is InChI=1S/C11H17N5O3/c1-8(18)13-10-5-12-16(14-10)6-11(19)15-4-2-3-9(15)7-17/h5,9,17H,2-4,6-7H2,1H3,(H,13,14,18). The number of nitrogens with zero attached hydrogens (tertiary/aromatic N) is 4. The van der Waals surface area contributed by atoms with Gasteiger partial charge in [0.05, 0.1) is 18.8 Å². The number of aliphatic hydroxyl groups is 1. The van der Waals surface area contributed by atoms with Crippen LogP contribution in [0.4, 0.5) is 5.82 Å². The molecule has 0 aliphatic carbocycles. The van der Waals surface area contributed by atoms with Crippen molar-refractivity contribution in [3.05, 3.63) is 6.20 Å². The summed E-state index contributed by atoms with van der Waals surface area (Å²) in [4.78, 5) is 25.8. The molecule has 0 bridgehead atoms. The lowest BCUT2D eigenvalue weighted by molar-refractivity contribution is -0.133. The highest BCUT2D eigenvalue weighted by Gasteiger charge is 2.28. The first-order chi connectivity index (χ1) is 9.10. The van der Waals surface area contributed by atoms with Gasteiger partial charge in [0, 0.05) is 13.5 Å². The molecule has 2 heterocycles. The van der Waals surface area contributed by atoms with E-state index in [1.54, 1.807) is 4.90 Å². The van der Waals surface area contributed by atoms with Crippen molar-refractivity contribution in [2.45, 2.75) is 32.4 Å². The number of amides is 2. The van der Waals surface area contributed by atoms with Gasteiger partial charge in [0.2, 0.25) is 11.8 Å². The van der Waals surface area contributed by atoms with Crippen LogP contribution in [0.2, 0.25) is 0 Å². The van der Waals surface area contributed by atoms with Crippen LogP contribution in [0.25, 0.3) is 0 Å². The van der Waals surface area contributed by atoms with Gasteiger partial charge < -0.3 is 15.3 Å². The zero-order valence-electron chi connectivity index (χ0n) is 10.7. The molecule has 8 nitrogen and oxygen atoms in total. The number of carbonyl (C=O) groups excluding carboxylic acids is 2. The first kappa shape index (κ1) is 13.5. The Hall–Kier alpha value is -1.96. The molecule has 8 heteroatoms. The maximum Gasteiger partial charge on any atom is 0.246 e. The lowest BCUT2D eigenvalue weighted by Crippen LogP contribution is -2.39. The monoisotopic (exact) mass is 267 g/mol. The highest BCUT2D eigenvalue weighted by atomic mass is 16.3. The predicted molar refractivity (Wildman–Crippen MR) is 66.1 cm³/mol. The highest BCUT2D eigenvalue weighted by Crippen LogP contribution is 2.17. The van der Waals surface area contributed by atoms with Gasteiger partial charge in [0.15, 0.2) is 5.82 Å². The van der Waals surface area contributed by atoms with Gasteiger partial charge in [-0.25, -0.2) is 0 Å². The zero-order chi connectivity index (χ0) is 13.8. The molecule has 1 fully saturated rings. The second kappa shape index (κ2) is 5.79. The van der Waals surface area contributed by atoms with E-state index < -0.39 is 0 Å². The van der Waals surface area contributed by atoms with E-state index in [2.05, 4.69) is 15.5 Å². The van der Waals surface area contributed by atoms with Gasteiger partial charge in [0.25, 0.3) is 0 Å². The molecule has 0 aromatic carbocycles. The number of aromatic nitrogens is 3. The average molecular weight is 267 g/mol. The lowest BCUT2D eigenvalue weighted by atomic mass is 10.2. The number of aliphatic hydroxyl groups excluding tert-OH is 1. The fraction of sp³-hybridized carbons (Fsp3) is 0.636. The van der Waals surface area contributed by atoms with Crippen molar-refractivity contribution in [3.8, 4) is 0 Å². The molecule has 2 amide bonds. The fourth-order valence-electron chi connectivity index (χ4n) is 2.18. The van der Waals surface area contributed by atoms with E-state index in [-0.39, 0.29) is 31.0 Å². The zero-order valence-corrected chi connectivity index (χ0v) is 10.7. The van der Waals surface area contributed by atoms with Gasteiger partial charge in [-0.1, -0.05) is 0 Å². The van der Waals surface area contributed by atoms with Gasteiger partial charge >= 0.3 is 0 Å². The summed E-state index contributed by atoms with van der Waals surface area (Å²) in [6, 6.07) is -0.0992. The van der Waals surface area contributed by atoms with E-state index in [1.807, 2.05) is 0 Å². The summed E-state index contributed by atoms with van der Waals surface area (Å²) in [5.41, 5.74) is 0. The van der Waals surface area contributed by atoms with Gasteiger partial charge in [0.1, 0.15) is 6.54 Å². The number of carbonyl (C=O) groups is 2.